The molecule has 196 valence electrons. The fourth-order valence-electron chi connectivity index (χ4n) is 3.93. The molecule has 0 atom stereocenters. The number of halogens is 4. The third-order valence-corrected chi connectivity index (χ3v) is 5.96. The van der Waals surface area contributed by atoms with Crippen LogP contribution in [0.15, 0.2) is 84.6 Å². The van der Waals surface area contributed by atoms with E-state index in [1.54, 1.807) is 24.3 Å². The zero-order chi connectivity index (χ0) is 27.3. The van der Waals surface area contributed by atoms with Crippen molar-refractivity contribution in [3.63, 3.8) is 0 Å². The molecule has 38 heavy (non-hydrogen) atoms. The van der Waals surface area contributed by atoms with Crippen molar-refractivity contribution in [1.29, 1.82) is 5.41 Å². The number of hydrogen-bond acceptors (Lipinski definition) is 4. The molecule has 1 aliphatic rings. The van der Waals surface area contributed by atoms with Gasteiger partial charge in [0.1, 0.15) is 5.82 Å². The molecule has 0 bridgehead atoms. The Balaban J connectivity index is 1.39. The molecule has 3 N–H and O–H groups in total. The molecule has 0 spiro atoms. The minimum Gasteiger partial charge on any atom is -0.372 e. The normalized spacial score (nSPS) is 13.6. The van der Waals surface area contributed by atoms with Gasteiger partial charge in [-0.15, -0.1) is 0 Å². The second-order valence-electron chi connectivity index (χ2n) is 8.75. The first-order chi connectivity index (χ1) is 18.1. The second kappa shape index (κ2) is 11.3. The monoisotopic (exact) mass is 524 g/mol. The number of carbonyl (C=O) groups is 2. The molecule has 10 heteroatoms. The van der Waals surface area contributed by atoms with Gasteiger partial charge in [-0.3, -0.25) is 9.59 Å². The summed E-state index contributed by atoms with van der Waals surface area (Å²) >= 11 is 0. The molecule has 0 aromatic heterocycles. The fraction of sp³-hybridized carbons (Fsp3) is 0.179. The van der Waals surface area contributed by atoms with E-state index in [1.165, 1.54) is 6.20 Å². The summed E-state index contributed by atoms with van der Waals surface area (Å²) in [7, 11) is 0. The van der Waals surface area contributed by atoms with Crippen LogP contribution in [0.1, 0.15) is 33.5 Å². The Morgan fingerprint density at radius 3 is 2.32 bits per heavy atom. The van der Waals surface area contributed by atoms with Crippen LogP contribution in [0.25, 0.3) is 0 Å². The number of hydrogen-bond donors (Lipinski definition) is 3. The van der Waals surface area contributed by atoms with Crippen molar-refractivity contribution >= 4 is 23.2 Å². The number of amides is 2. The Morgan fingerprint density at radius 1 is 0.921 bits per heavy atom. The van der Waals surface area contributed by atoms with Crippen LogP contribution in [0, 0.1) is 11.2 Å². The lowest BCUT2D eigenvalue weighted by Gasteiger charge is -2.27. The highest BCUT2D eigenvalue weighted by molar-refractivity contribution is 6.24. The first-order valence-electron chi connectivity index (χ1n) is 11.7. The number of rotatable bonds is 7. The number of nitrogens with one attached hydrogen (secondary N) is 3. The molecule has 0 radical (unpaired) electrons. The van der Waals surface area contributed by atoms with Gasteiger partial charge in [-0.25, -0.2) is 4.39 Å². The van der Waals surface area contributed by atoms with Crippen LogP contribution in [0.5, 0.6) is 0 Å². The Bertz CT molecular complexity index is 1370. The van der Waals surface area contributed by atoms with Crippen molar-refractivity contribution in [3.05, 3.63) is 113 Å². The summed E-state index contributed by atoms with van der Waals surface area (Å²) < 4.78 is 52.5. The molecule has 2 amide bonds. The van der Waals surface area contributed by atoms with E-state index in [2.05, 4.69) is 10.6 Å². The van der Waals surface area contributed by atoms with Crippen LogP contribution >= 0.6 is 0 Å². The van der Waals surface area contributed by atoms with Crippen molar-refractivity contribution in [2.24, 2.45) is 0 Å². The summed E-state index contributed by atoms with van der Waals surface area (Å²) in [5.74, 6) is -2.41. The van der Waals surface area contributed by atoms with Crippen molar-refractivity contribution in [1.82, 2.24) is 10.2 Å². The Kier molecular flexibility index (Phi) is 7.90. The van der Waals surface area contributed by atoms with Crippen molar-refractivity contribution < 1.29 is 27.2 Å². The smallest absolute Gasteiger partial charge is 0.372 e. The van der Waals surface area contributed by atoms with Gasteiger partial charge in [-0.05, 0) is 41.5 Å². The van der Waals surface area contributed by atoms with Gasteiger partial charge in [0.2, 0.25) is 0 Å². The van der Waals surface area contributed by atoms with E-state index in [0.29, 0.717) is 37.3 Å². The Hall–Kier alpha value is -4.47. The number of alkyl halides is 3. The summed E-state index contributed by atoms with van der Waals surface area (Å²) in [6.07, 6.45) is -3.16. The molecular weight excluding hydrogens is 500 g/mol. The molecule has 6 nitrogen and oxygen atoms in total. The zero-order valence-electron chi connectivity index (χ0n) is 20.1. The minimum atomic E-state index is -4.91. The molecule has 3 aromatic carbocycles. The molecule has 0 saturated carbocycles. The van der Waals surface area contributed by atoms with Crippen LogP contribution in [0.3, 0.4) is 0 Å². The van der Waals surface area contributed by atoms with Crippen molar-refractivity contribution in [3.8, 4) is 0 Å². The quantitative estimate of drug-likeness (QED) is 0.356. The van der Waals surface area contributed by atoms with Gasteiger partial charge >= 0.3 is 6.18 Å². The minimum absolute atomic E-state index is 0.00560. The number of benzene rings is 3. The van der Waals surface area contributed by atoms with Crippen LogP contribution in [0.4, 0.5) is 23.2 Å². The summed E-state index contributed by atoms with van der Waals surface area (Å²) in [5, 5.41) is 13.3. The number of anilines is 1. The number of nitrogens with zero attached hydrogens (tertiary/aromatic N) is 1. The molecule has 1 aliphatic heterocycles. The van der Waals surface area contributed by atoms with E-state index in [9.17, 15) is 27.2 Å². The topological polar surface area (TPSA) is 85.3 Å². The van der Waals surface area contributed by atoms with Gasteiger partial charge in [0, 0.05) is 49.2 Å². The molecule has 0 saturated heterocycles. The van der Waals surface area contributed by atoms with E-state index in [-0.39, 0.29) is 29.3 Å². The Morgan fingerprint density at radius 2 is 1.63 bits per heavy atom. The van der Waals surface area contributed by atoms with Gasteiger partial charge < -0.3 is 20.9 Å². The highest BCUT2D eigenvalue weighted by Crippen LogP contribution is 2.33. The molecule has 0 unspecified atom stereocenters. The van der Waals surface area contributed by atoms with Crippen molar-refractivity contribution in [2.45, 2.75) is 25.7 Å². The van der Waals surface area contributed by atoms with E-state index in [1.807, 2.05) is 35.2 Å². The highest BCUT2D eigenvalue weighted by atomic mass is 19.4. The summed E-state index contributed by atoms with van der Waals surface area (Å²) in [4.78, 5) is 27.0. The van der Waals surface area contributed by atoms with Gasteiger partial charge in [-0.2, -0.15) is 13.2 Å². The van der Waals surface area contributed by atoms with E-state index in [0.717, 1.165) is 17.2 Å². The largest absolute Gasteiger partial charge is 0.419 e. The van der Waals surface area contributed by atoms with Gasteiger partial charge in [0.05, 0.1) is 11.1 Å². The summed E-state index contributed by atoms with van der Waals surface area (Å²) in [6.45, 7) is 1.26. The second-order valence-corrected chi connectivity index (χ2v) is 8.75. The third kappa shape index (κ3) is 6.64. The maximum atomic E-state index is 13.5. The first-order valence-corrected chi connectivity index (χ1v) is 11.7. The molecule has 0 fully saturated rings. The highest BCUT2D eigenvalue weighted by Gasteiger charge is 2.34. The molecule has 3 aromatic rings. The lowest BCUT2D eigenvalue weighted by Crippen LogP contribution is -2.32. The number of carbonyl (C=O) groups excluding carboxylic acids is 2. The van der Waals surface area contributed by atoms with Gasteiger partial charge in [0.15, 0.2) is 0 Å². The predicted octanol–water partition coefficient (Wildman–Crippen LogP) is 5.52. The van der Waals surface area contributed by atoms with Crippen LogP contribution in [0.2, 0.25) is 0 Å². The van der Waals surface area contributed by atoms with E-state index in [4.69, 9.17) is 5.41 Å². The Labute approximate surface area is 216 Å². The average Bonchev–Trinajstić information content (AvgIpc) is 2.90. The maximum absolute atomic E-state index is 13.5. The third-order valence-electron chi connectivity index (χ3n) is 5.96. The lowest BCUT2D eigenvalue weighted by atomic mass is 10.0. The van der Waals surface area contributed by atoms with Gasteiger partial charge in [-0.1, -0.05) is 42.5 Å². The predicted molar refractivity (Wildman–Crippen MR) is 135 cm³/mol. The average molecular weight is 525 g/mol. The summed E-state index contributed by atoms with van der Waals surface area (Å²) in [6, 6.07) is 18.7. The van der Waals surface area contributed by atoms with E-state index < -0.39 is 23.5 Å². The van der Waals surface area contributed by atoms with Crippen molar-refractivity contribution in [2.75, 3.05) is 11.9 Å². The SMILES string of the molecule is N=C1CCN(Cc2ccc(C(=O)NCc3ccccc3)cc2)C=C1C(=O)Nc1ccc(F)c(C(F)(F)F)c1. The molecular formula is C28H24F4N4O2. The van der Waals surface area contributed by atoms with E-state index >= 15 is 0 Å². The first kappa shape index (κ1) is 26.6. The van der Waals surface area contributed by atoms with Crippen LogP contribution < -0.4 is 10.6 Å². The van der Waals surface area contributed by atoms with Crippen LogP contribution in [-0.4, -0.2) is 29.0 Å². The zero-order valence-corrected chi connectivity index (χ0v) is 20.1. The fourth-order valence-corrected chi connectivity index (χ4v) is 3.93. The molecule has 0 aliphatic carbocycles. The lowest BCUT2D eigenvalue weighted by molar-refractivity contribution is -0.140. The van der Waals surface area contributed by atoms with Crippen LogP contribution in [-0.2, 0) is 24.1 Å². The van der Waals surface area contributed by atoms with Gasteiger partial charge in [0.25, 0.3) is 11.8 Å². The molecule has 4 rings (SSSR count). The maximum Gasteiger partial charge on any atom is 0.419 e. The summed E-state index contributed by atoms with van der Waals surface area (Å²) in [5.41, 5.74) is 0.687. The molecule has 1 heterocycles. The standard InChI is InChI=1S/C28H24F4N4O2/c29-24-11-10-21(14-23(24)28(30,31)32)35-27(38)22-17-36(13-12-25(22)33)16-19-6-8-20(9-7-19)26(37)34-15-18-4-2-1-3-5-18/h1-11,14,17,33H,12-13,15-16H2,(H,34,37)(H,35,38).